The van der Waals surface area contributed by atoms with Gasteiger partial charge in [0, 0.05) is 10.6 Å². The molecule has 2 nitrogen and oxygen atoms in total. The third kappa shape index (κ3) is 4.11. The van der Waals surface area contributed by atoms with Crippen molar-refractivity contribution in [3.05, 3.63) is 24.3 Å². The number of benzene rings is 1. The van der Waals surface area contributed by atoms with Gasteiger partial charge in [-0.05, 0) is 25.0 Å². The third-order valence-corrected chi connectivity index (χ3v) is 4.93. The van der Waals surface area contributed by atoms with E-state index in [1.54, 1.807) is 30.0 Å². The summed E-state index contributed by atoms with van der Waals surface area (Å²) >= 11 is 2.19. The zero-order valence-corrected chi connectivity index (χ0v) is 12.4. The molecule has 0 fully saturated rings. The summed E-state index contributed by atoms with van der Waals surface area (Å²) in [6.07, 6.45) is 0. The molecule has 0 bridgehead atoms. The number of alkyl halides is 2. The van der Waals surface area contributed by atoms with Crippen LogP contribution in [0.1, 0.15) is 13.8 Å². The van der Waals surface area contributed by atoms with Crippen LogP contribution in [-0.4, -0.2) is 22.7 Å². The normalized spacial score (nSPS) is 23.3. The summed E-state index contributed by atoms with van der Waals surface area (Å²) < 4.78 is 25.0. The Hall–Kier alpha value is -0.750. The first-order chi connectivity index (χ1) is 9.06. The zero-order chi connectivity index (χ0) is 13.8. The summed E-state index contributed by atoms with van der Waals surface area (Å²) in [5.74, 6) is -0.874. The Balaban J connectivity index is 2.13. The number of halogens is 2. The maximum absolute atomic E-state index is 12.5. The molecule has 0 spiro atoms. The van der Waals surface area contributed by atoms with Crippen LogP contribution in [0.25, 0.3) is 0 Å². The minimum absolute atomic E-state index is 0.263. The molecule has 6 heteroatoms. The van der Waals surface area contributed by atoms with E-state index in [-0.39, 0.29) is 6.04 Å². The Bertz CT molecular complexity index is 466. The van der Waals surface area contributed by atoms with Crippen molar-refractivity contribution in [2.24, 2.45) is 10.9 Å². The Labute approximate surface area is 120 Å². The molecule has 1 aromatic rings. The molecular weight excluding hydrogens is 286 g/mol. The smallest absolute Gasteiger partial charge is 0.288 e. The van der Waals surface area contributed by atoms with E-state index in [9.17, 15) is 8.78 Å². The second-order valence-corrected chi connectivity index (χ2v) is 6.50. The predicted molar refractivity (Wildman–Crippen MR) is 80.4 cm³/mol. The van der Waals surface area contributed by atoms with Crippen molar-refractivity contribution in [2.75, 3.05) is 11.1 Å². The third-order valence-electron chi connectivity index (χ3n) is 2.97. The molecule has 0 saturated heterocycles. The molecule has 0 saturated carbocycles. The van der Waals surface area contributed by atoms with Gasteiger partial charge in [-0.1, -0.05) is 42.6 Å². The van der Waals surface area contributed by atoms with Gasteiger partial charge in [0.2, 0.25) is 0 Å². The monoisotopic (exact) mass is 302 g/mol. The lowest BCUT2D eigenvalue weighted by molar-refractivity contribution is 0.252. The van der Waals surface area contributed by atoms with Crippen LogP contribution >= 0.6 is 23.5 Å². The van der Waals surface area contributed by atoms with Crippen molar-refractivity contribution in [3.8, 4) is 0 Å². The molecule has 1 heterocycles. The number of para-hydroxylation sites is 1. The minimum Gasteiger partial charge on any atom is -0.334 e. The van der Waals surface area contributed by atoms with Crippen LogP contribution < -0.4 is 5.32 Å². The van der Waals surface area contributed by atoms with Gasteiger partial charge in [0.1, 0.15) is 0 Å². The number of thioether (sulfide) groups is 2. The number of hydrogen-bond acceptors (Lipinski definition) is 4. The average Bonchev–Trinajstić information content (AvgIpc) is 2.36. The van der Waals surface area contributed by atoms with Gasteiger partial charge in [-0.3, -0.25) is 4.99 Å². The van der Waals surface area contributed by atoms with Crippen molar-refractivity contribution in [1.82, 2.24) is 0 Å². The van der Waals surface area contributed by atoms with Gasteiger partial charge in [-0.15, -0.1) is 0 Å². The fourth-order valence-electron chi connectivity index (χ4n) is 1.65. The lowest BCUT2D eigenvalue weighted by Gasteiger charge is -2.24. The minimum atomic E-state index is -2.41. The molecule has 1 aromatic carbocycles. The number of nitrogens with one attached hydrogen (secondary N) is 1. The van der Waals surface area contributed by atoms with Gasteiger partial charge >= 0.3 is 0 Å². The van der Waals surface area contributed by atoms with Crippen molar-refractivity contribution in [1.29, 1.82) is 0 Å². The van der Waals surface area contributed by atoms with Gasteiger partial charge in [0.15, 0.2) is 5.17 Å². The van der Waals surface area contributed by atoms with Crippen LogP contribution in [0.4, 0.5) is 14.5 Å². The van der Waals surface area contributed by atoms with Crippen molar-refractivity contribution in [3.63, 3.8) is 0 Å². The topological polar surface area (TPSA) is 24.4 Å². The molecule has 19 heavy (non-hydrogen) atoms. The quantitative estimate of drug-likeness (QED) is 0.830. The summed E-state index contributed by atoms with van der Waals surface area (Å²) in [7, 11) is 0. The first-order valence-corrected chi connectivity index (χ1v) is 7.94. The van der Waals surface area contributed by atoms with Crippen LogP contribution in [-0.2, 0) is 0 Å². The lowest BCUT2D eigenvalue weighted by Crippen LogP contribution is -2.25. The fourth-order valence-corrected chi connectivity index (χ4v) is 3.37. The summed E-state index contributed by atoms with van der Waals surface area (Å²) in [6, 6.07) is 7.35. The van der Waals surface area contributed by atoms with Crippen LogP contribution in [0.5, 0.6) is 0 Å². The Kier molecular flexibility index (Phi) is 5.10. The SMILES string of the molecule is CC1CSC(Nc2ccccc2SC(F)F)=NC1C. The average molecular weight is 302 g/mol. The Morgan fingerprint density at radius 3 is 2.79 bits per heavy atom. The molecule has 0 radical (unpaired) electrons. The van der Waals surface area contributed by atoms with Crippen LogP contribution in [0, 0.1) is 5.92 Å². The van der Waals surface area contributed by atoms with Gasteiger partial charge in [0.25, 0.3) is 5.76 Å². The van der Waals surface area contributed by atoms with Crippen molar-refractivity contribution in [2.45, 2.75) is 30.5 Å². The van der Waals surface area contributed by atoms with E-state index in [1.165, 1.54) is 0 Å². The van der Waals surface area contributed by atoms with Crippen LogP contribution in [0.3, 0.4) is 0 Å². The van der Waals surface area contributed by atoms with E-state index in [1.807, 2.05) is 6.07 Å². The number of aliphatic imine (C=N–C) groups is 1. The van der Waals surface area contributed by atoms with Gasteiger partial charge in [0.05, 0.1) is 11.7 Å². The number of anilines is 1. The summed E-state index contributed by atoms with van der Waals surface area (Å²) in [6.45, 7) is 4.24. The molecule has 1 aliphatic heterocycles. The molecule has 2 atom stereocenters. The predicted octanol–water partition coefficient (Wildman–Crippen LogP) is 4.54. The van der Waals surface area contributed by atoms with Gasteiger partial charge < -0.3 is 5.32 Å². The first kappa shape index (κ1) is 14.7. The largest absolute Gasteiger partial charge is 0.334 e. The number of amidine groups is 1. The highest BCUT2D eigenvalue weighted by Crippen LogP contribution is 2.33. The van der Waals surface area contributed by atoms with E-state index >= 15 is 0 Å². The molecule has 104 valence electrons. The summed E-state index contributed by atoms with van der Waals surface area (Å²) in [5, 5.41) is 3.98. The standard InChI is InChI=1S/C13H16F2N2S2/c1-8-7-18-13(16-9(8)2)17-10-5-3-4-6-11(10)19-12(14)15/h3-6,8-9,12H,7H2,1-2H3,(H,16,17). The van der Waals surface area contributed by atoms with E-state index in [2.05, 4.69) is 24.2 Å². The highest BCUT2D eigenvalue weighted by molar-refractivity contribution is 8.14. The molecule has 0 aromatic heterocycles. The highest BCUT2D eigenvalue weighted by Gasteiger charge is 2.20. The van der Waals surface area contributed by atoms with E-state index < -0.39 is 5.76 Å². The van der Waals surface area contributed by atoms with Gasteiger partial charge in [-0.2, -0.15) is 8.78 Å². The van der Waals surface area contributed by atoms with Crippen LogP contribution in [0.15, 0.2) is 34.2 Å². The lowest BCUT2D eigenvalue weighted by atomic mass is 10.1. The molecule has 1 aliphatic rings. The Morgan fingerprint density at radius 2 is 2.11 bits per heavy atom. The molecule has 1 N–H and O–H groups in total. The molecule has 2 unspecified atom stereocenters. The van der Waals surface area contributed by atoms with E-state index in [4.69, 9.17) is 0 Å². The van der Waals surface area contributed by atoms with Crippen molar-refractivity contribution >= 4 is 34.4 Å². The molecule has 0 amide bonds. The zero-order valence-electron chi connectivity index (χ0n) is 10.8. The maximum Gasteiger partial charge on any atom is 0.288 e. The number of hydrogen-bond donors (Lipinski definition) is 1. The molecular formula is C13H16F2N2S2. The van der Waals surface area contributed by atoms with Crippen molar-refractivity contribution < 1.29 is 8.78 Å². The second kappa shape index (κ2) is 6.61. The fraction of sp³-hybridized carbons (Fsp3) is 0.462. The number of rotatable bonds is 3. The first-order valence-electron chi connectivity index (χ1n) is 6.07. The number of nitrogens with zero attached hydrogens (tertiary/aromatic N) is 1. The maximum atomic E-state index is 12.5. The molecule has 0 aliphatic carbocycles. The second-order valence-electron chi connectivity index (χ2n) is 4.46. The van der Waals surface area contributed by atoms with E-state index in [0.29, 0.717) is 28.3 Å². The highest BCUT2D eigenvalue weighted by atomic mass is 32.2. The van der Waals surface area contributed by atoms with Crippen LogP contribution in [0.2, 0.25) is 0 Å². The van der Waals surface area contributed by atoms with E-state index in [0.717, 1.165) is 10.9 Å². The summed E-state index contributed by atoms with van der Waals surface area (Å²) in [4.78, 5) is 5.10. The Morgan fingerprint density at radius 1 is 1.37 bits per heavy atom. The molecule has 2 rings (SSSR count). The van der Waals surface area contributed by atoms with Gasteiger partial charge in [-0.25, -0.2) is 0 Å². The summed E-state index contributed by atoms with van der Waals surface area (Å²) in [5.41, 5.74) is 0.695.